The van der Waals surface area contributed by atoms with Gasteiger partial charge in [0.05, 0.1) is 11.1 Å². The molecule has 1 aromatic carbocycles. The molecule has 0 saturated carbocycles. The second kappa shape index (κ2) is 5.87. The molecule has 0 saturated heterocycles. The van der Waals surface area contributed by atoms with Crippen LogP contribution in [0.4, 0.5) is 11.6 Å². The number of aromatic nitrogens is 3. The fourth-order valence-electron chi connectivity index (χ4n) is 1.44. The van der Waals surface area contributed by atoms with Gasteiger partial charge in [0.15, 0.2) is 5.75 Å². The van der Waals surface area contributed by atoms with Gasteiger partial charge in [-0.1, -0.05) is 0 Å². The molecule has 4 N–H and O–H groups in total. The number of aromatic hydroxyl groups is 2. The fourth-order valence-corrected chi connectivity index (χ4v) is 1.44. The molecule has 11 heteroatoms. The first kappa shape index (κ1) is 14.9. The summed E-state index contributed by atoms with van der Waals surface area (Å²) in [4.78, 5) is 23.5. The van der Waals surface area contributed by atoms with Crippen LogP contribution < -0.4 is 11.0 Å². The number of rotatable bonds is 4. The van der Waals surface area contributed by atoms with Crippen LogP contribution in [0.15, 0.2) is 22.0 Å². The van der Waals surface area contributed by atoms with Crippen LogP contribution in [0.3, 0.4) is 0 Å². The van der Waals surface area contributed by atoms with Gasteiger partial charge in [0.1, 0.15) is 11.4 Å². The fraction of sp³-hybridized carbons (Fsp3) is 0.0909. The molecule has 0 aliphatic carbocycles. The minimum atomic E-state index is -0.803. The highest BCUT2D eigenvalue weighted by molar-refractivity contribution is 5.85. The van der Waals surface area contributed by atoms with Gasteiger partial charge < -0.3 is 10.2 Å². The monoisotopic (exact) mass is 306 g/mol. The Morgan fingerprint density at radius 2 is 2.09 bits per heavy atom. The van der Waals surface area contributed by atoms with Crippen molar-refractivity contribution in [1.82, 2.24) is 15.2 Å². The number of hydrogen-bond acceptors (Lipinski definition) is 9. The molecule has 1 aromatic heterocycles. The normalized spacial score (nSPS) is 10.8. The first-order valence-corrected chi connectivity index (χ1v) is 5.81. The molecule has 0 aliphatic heterocycles. The molecule has 1 heterocycles. The Kier molecular flexibility index (Phi) is 3.97. The summed E-state index contributed by atoms with van der Waals surface area (Å²) in [6.45, 7) is 1.48. The largest absolute Gasteiger partial charge is 0.507 e. The molecular formula is C11H10N6O5. The Hall–Kier alpha value is -3.50. The number of hydrogen-bond donors (Lipinski definition) is 4. The molecule has 0 unspecified atom stereocenters. The van der Waals surface area contributed by atoms with Crippen LogP contribution in [0.1, 0.15) is 11.3 Å². The summed E-state index contributed by atoms with van der Waals surface area (Å²) in [7, 11) is 0. The molecule has 0 fully saturated rings. The number of aromatic amines is 1. The van der Waals surface area contributed by atoms with Crippen LogP contribution in [0, 0.1) is 17.0 Å². The van der Waals surface area contributed by atoms with Crippen molar-refractivity contribution in [3.05, 3.63) is 43.9 Å². The van der Waals surface area contributed by atoms with E-state index in [2.05, 4.69) is 25.7 Å². The number of nitro benzene ring substituents is 1. The lowest BCUT2D eigenvalue weighted by atomic mass is 10.2. The van der Waals surface area contributed by atoms with Gasteiger partial charge in [0, 0.05) is 17.7 Å². The van der Waals surface area contributed by atoms with Gasteiger partial charge >= 0.3 is 5.69 Å². The Balaban J connectivity index is 2.22. The second-order valence-electron chi connectivity index (χ2n) is 4.11. The summed E-state index contributed by atoms with van der Waals surface area (Å²) in [6.07, 6.45) is 1.06. The van der Waals surface area contributed by atoms with E-state index >= 15 is 0 Å². The number of nitrogens with one attached hydrogen (secondary N) is 2. The van der Waals surface area contributed by atoms with Gasteiger partial charge in [0.25, 0.3) is 5.56 Å². The molecule has 0 bridgehead atoms. The SMILES string of the molecule is Cc1nnc(N/N=C/c2cc([N+](=O)[O-])c(O)cc2O)[nH]c1=O. The maximum atomic E-state index is 11.3. The van der Waals surface area contributed by atoms with Gasteiger partial charge in [-0.05, 0) is 6.92 Å². The maximum Gasteiger partial charge on any atom is 0.311 e. The lowest BCUT2D eigenvalue weighted by Crippen LogP contribution is -2.15. The highest BCUT2D eigenvalue weighted by atomic mass is 16.6. The van der Waals surface area contributed by atoms with Crippen LogP contribution in [0.25, 0.3) is 0 Å². The molecule has 2 aromatic rings. The molecule has 0 amide bonds. The van der Waals surface area contributed by atoms with Gasteiger partial charge in [-0.15, -0.1) is 10.2 Å². The topological polar surface area (TPSA) is 167 Å². The van der Waals surface area contributed by atoms with Crippen molar-refractivity contribution in [1.29, 1.82) is 0 Å². The van der Waals surface area contributed by atoms with Crippen molar-refractivity contribution in [2.24, 2.45) is 5.10 Å². The smallest absolute Gasteiger partial charge is 0.311 e. The summed E-state index contributed by atoms with van der Waals surface area (Å²) in [6, 6.07) is 1.77. The second-order valence-corrected chi connectivity index (χ2v) is 4.11. The van der Waals surface area contributed by atoms with Gasteiger partial charge in [-0.2, -0.15) is 5.10 Å². The summed E-state index contributed by atoms with van der Waals surface area (Å²) >= 11 is 0. The number of phenols is 2. The van der Waals surface area contributed by atoms with E-state index in [0.717, 1.165) is 18.3 Å². The van der Waals surface area contributed by atoms with E-state index in [9.17, 15) is 25.1 Å². The maximum absolute atomic E-state index is 11.3. The third-order valence-electron chi connectivity index (χ3n) is 2.56. The predicted molar refractivity (Wildman–Crippen MR) is 75.0 cm³/mol. The number of phenolic OH excluding ortho intramolecular Hbond substituents is 2. The Labute approximate surface area is 122 Å². The summed E-state index contributed by atoms with van der Waals surface area (Å²) in [5.74, 6) is -1.11. The van der Waals surface area contributed by atoms with Crippen LogP contribution in [0.2, 0.25) is 0 Å². The molecule has 0 aliphatic rings. The van der Waals surface area contributed by atoms with Crippen molar-refractivity contribution < 1.29 is 15.1 Å². The molecular weight excluding hydrogens is 296 g/mol. The standard InChI is InChI=1S/C11H10N6O5/c1-5-10(20)13-11(16-14-5)15-12-4-6-2-7(17(21)22)9(19)3-8(6)18/h2-4,18-19H,1H3,(H2,13,15,16,20)/b12-4+. The van der Waals surface area contributed by atoms with Crippen LogP contribution in [0.5, 0.6) is 11.5 Å². The molecule has 0 radical (unpaired) electrons. The summed E-state index contributed by atoms with van der Waals surface area (Å²) in [5, 5.41) is 40.5. The van der Waals surface area contributed by atoms with E-state index < -0.39 is 27.7 Å². The van der Waals surface area contributed by atoms with Gasteiger partial charge in [-0.3, -0.25) is 19.9 Å². The summed E-state index contributed by atoms with van der Waals surface area (Å²) < 4.78 is 0. The number of benzene rings is 1. The van der Waals surface area contributed by atoms with Crippen molar-refractivity contribution in [2.45, 2.75) is 6.92 Å². The average molecular weight is 306 g/mol. The average Bonchev–Trinajstić information content (AvgIpc) is 2.44. The highest BCUT2D eigenvalue weighted by Gasteiger charge is 2.16. The Bertz CT molecular complexity index is 815. The van der Waals surface area contributed by atoms with Crippen molar-refractivity contribution in [3.8, 4) is 11.5 Å². The van der Waals surface area contributed by atoms with Crippen molar-refractivity contribution >= 4 is 17.9 Å². The van der Waals surface area contributed by atoms with E-state index in [1.807, 2.05) is 0 Å². The van der Waals surface area contributed by atoms with Gasteiger partial charge in [0.2, 0.25) is 5.95 Å². The van der Waals surface area contributed by atoms with Crippen molar-refractivity contribution in [2.75, 3.05) is 5.43 Å². The number of hydrazone groups is 1. The zero-order valence-electron chi connectivity index (χ0n) is 11.1. The predicted octanol–water partition coefficient (Wildman–Crippen LogP) is 0.239. The first-order chi connectivity index (χ1) is 10.4. The number of nitrogens with zero attached hydrogens (tertiary/aromatic N) is 4. The van der Waals surface area contributed by atoms with E-state index in [4.69, 9.17) is 0 Å². The third-order valence-corrected chi connectivity index (χ3v) is 2.56. The quantitative estimate of drug-likeness (QED) is 0.354. The zero-order valence-corrected chi connectivity index (χ0v) is 11.1. The third kappa shape index (κ3) is 3.15. The molecule has 114 valence electrons. The number of aryl methyl sites for hydroxylation is 1. The lowest BCUT2D eigenvalue weighted by Gasteiger charge is -2.02. The number of nitro groups is 1. The van der Waals surface area contributed by atoms with Crippen molar-refractivity contribution in [3.63, 3.8) is 0 Å². The highest BCUT2D eigenvalue weighted by Crippen LogP contribution is 2.31. The summed E-state index contributed by atoms with van der Waals surface area (Å²) in [5.41, 5.74) is 1.49. The van der Waals surface area contributed by atoms with E-state index in [1.54, 1.807) is 0 Å². The van der Waals surface area contributed by atoms with Crippen LogP contribution in [-0.4, -0.2) is 36.5 Å². The van der Waals surface area contributed by atoms with E-state index in [1.165, 1.54) is 6.92 Å². The zero-order chi connectivity index (χ0) is 16.3. The van der Waals surface area contributed by atoms with E-state index in [-0.39, 0.29) is 17.2 Å². The van der Waals surface area contributed by atoms with Crippen LogP contribution in [-0.2, 0) is 0 Å². The minimum Gasteiger partial charge on any atom is -0.507 e. The molecule has 11 nitrogen and oxygen atoms in total. The first-order valence-electron chi connectivity index (χ1n) is 5.81. The van der Waals surface area contributed by atoms with E-state index in [0.29, 0.717) is 0 Å². The lowest BCUT2D eigenvalue weighted by molar-refractivity contribution is -0.385. The Morgan fingerprint density at radius 3 is 2.73 bits per heavy atom. The molecule has 2 rings (SSSR count). The van der Waals surface area contributed by atoms with Gasteiger partial charge in [-0.25, -0.2) is 5.43 Å². The molecule has 0 atom stereocenters. The number of anilines is 1. The minimum absolute atomic E-state index is 0.0144. The number of H-pyrrole nitrogens is 1. The molecule has 0 spiro atoms. The Morgan fingerprint density at radius 1 is 1.36 bits per heavy atom. The van der Waals surface area contributed by atoms with Crippen LogP contribution >= 0.6 is 0 Å². The molecule has 22 heavy (non-hydrogen) atoms.